The van der Waals surface area contributed by atoms with Crippen molar-refractivity contribution in [1.29, 1.82) is 0 Å². The van der Waals surface area contributed by atoms with Gasteiger partial charge in [-0.2, -0.15) is 0 Å². The highest BCUT2D eigenvalue weighted by molar-refractivity contribution is 5.95. The van der Waals surface area contributed by atoms with E-state index in [2.05, 4.69) is 9.97 Å². The van der Waals surface area contributed by atoms with Crippen molar-refractivity contribution >= 4 is 11.6 Å². The number of amides is 1. The maximum absolute atomic E-state index is 12.8. The maximum atomic E-state index is 12.8. The number of pyridine rings is 2. The summed E-state index contributed by atoms with van der Waals surface area (Å²) in [4.78, 5) is 32.9. The quantitative estimate of drug-likeness (QED) is 0.568. The molecule has 8 nitrogen and oxygen atoms in total. The Balaban J connectivity index is 2.30. The van der Waals surface area contributed by atoms with E-state index in [0.29, 0.717) is 18.8 Å². The lowest BCUT2D eigenvalue weighted by atomic mass is 10.1. The number of rotatable bonds is 7. The summed E-state index contributed by atoms with van der Waals surface area (Å²) in [5.74, 6) is -0.341. The van der Waals surface area contributed by atoms with Crippen LogP contribution in [0, 0.1) is 17.0 Å². The predicted molar refractivity (Wildman–Crippen MR) is 86.5 cm³/mol. The molecular weight excluding hydrogens is 312 g/mol. The highest BCUT2D eigenvalue weighted by Gasteiger charge is 2.21. The van der Waals surface area contributed by atoms with Gasteiger partial charge in [0, 0.05) is 25.9 Å². The van der Waals surface area contributed by atoms with Crippen LogP contribution in [0.4, 0.5) is 5.69 Å². The molecule has 0 saturated carbocycles. The molecule has 2 aromatic rings. The summed E-state index contributed by atoms with van der Waals surface area (Å²) in [5.41, 5.74) is 1.15. The van der Waals surface area contributed by atoms with E-state index < -0.39 is 4.92 Å². The molecule has 8 heteroatoms. The molecular formula is C16H18N4O4. The molecule has 0 aliphatic heterocycles. The fourth-order valence-electron chi connectivity index (χ4n) is 2.15. The van der Waals surface area contributed by atoms with Crippen molar-refractivity contribution in [3.05, 3.63) is 63.7 Å². The highest BCUT2D eigenvalue weighted by Crippen LogP contribution is 2.17. The van der Waals surface area contributed by atoms with Gasteiger partial charge in [0.2, 0.25) is 0 Å². The Morgan fingerprint density at radius 2 is 2.17 bits per heavy atom. The summed E-state index contributed by atoms with van der Waals surface area (Å²) in [7, 11) is 1.55. The SMILES string of the molecule is COCCN(Cc1ccccn1)C(=O)c1cc([N+](=O)[O-])cnc1C. The number of carbonyl (C=O) groups is 1. The summed E-state index contributed by atoms with van der Waals surface area (Å²) in [6, 6.07) is 6.69. The van der Waals surface area contributed by atoms with Crippen LogP contribution in [0.15, 0.2) is 36.7 Å². The second kappa shape index (κ2) is 8.11. The zero-order valence-electron chi connectivity index (χ0n) is 13.5. The van der Waals surface area contributed by atoms with Crippen LogP contribution in [0.2, 0.25) is 0 Å². The van der Waals surface area contributed by atoms with Crippen molar-refractivity contribution in [3.63, 3.8) is 0 Å². The van der Waals surface area contributed by atoms with Crippen molar-refractivity contribution in [3.8, 4) is 0 Å². The topological polar surface area (TPSA) is 98.5 Å². The molecule has 126 valence electrons. The van der Waals surface area contributed by atoms with Crippen LogP contribution >= 0.6 is 0 Å². The molecule has 0 spiro atoms. The second-order valence-electron chi connectivity index (χ2n) is 5.12. The van der Waals surface area contributed by atoms with Gasteiger partial charge < -0.3 is 9.64 Å². The molecule has 2 rings (SSSR count). The highest BCUT2D eigenvalue weighted by atomic mass is 16.6. The normalized spacial score (nSPS) is 10.4. The zero-order chi connectivity index (χ0) is 17.5. The Kier molecular flexibility index (Phi) is 5.91. The van der Waals surface area contributed by atoms with Crippen LogP contribution in [0.5, 0.6) is 0 Å². The number of nitrogens with zero attached hydrogens (tertiary/aromatic N) is 4. The maximum Gasteiger partial charge on any atom is 0.288 e. The van der Waals surface area contributed by atoms with Crippen molar-refractivity contribution in [2.24, 2.45) is 0 Å². The molecule has 2 aromatic heterocycles. The van der Waals surface area contributed by atoms with E-state index in [4.69, 9.17) is 4.74 Å². The molecule has 0 unspecified atom stereocenters. The first-order valence-electron chi connectivity index (χ1n) is 7.32. The van der Waals surface area contributed by atoms with Gasteiger partial charge in [0.1, 0.15) is 6.20 Å². The monoisotopic (exact) mass is 330 g/mol. The van der Waals surface area contributed by atoms with Crippen LogP contribution in [0.3, 0.4) is 0 Å². The Hall–Kier alpha value is -2.87. The van der Waals surface area contributed by atoms with Gasteiger partial charge in [-0.15, -0.1) is 0 Å². The number of ether oxygens (including phenoxy) is 1. The molecule has 0 aliphatic rings. The van der Waals surface area contributed by atoms with E-state index in [0.717, 1.165) is 11.9 Å². The zero-order valence-corrected chi connectivity index (χ0v) is 13.5. The van der Waals surface area contributed by atoms with Crippen LogP contribution in [0.1, 0.15) is 21.7 Å². The molecule has 0 bridgehead atoms. The van der Waals surface area contributed by atoms with E-state index in [-0.39, 0.29) is 23.7 Å². The van der Waals surface area contributed by atoms with Crippen LogP contribution < -0.4 is 0 Å². The first kappa shape index (κ1) is 17.5. The van der Waals surface area contributed by atoms with E-state index in [1.165, 1.54) is 6.07 Å². The van der Waals surface area contributed by atoms with Crippen molar-refractivity contribution in [2.45, 2.75) is 13.5 Å². The van der Waals surface area contributed by atoms with Crippen molar-refractivity contribution < 1.29 is 14.5 Å². The average molecular weight is 330 g/mol. The van der Waals surface area contributed by atoms with Gasteiger partial charge >= 0.3 is 0 Å². The molecule has 0 saturated heterocycles. The lowest BCUT2D eigenvalue weighted by molar-refractivity contribution is -0.385. The van der Waals surface area contributed by atoms with Gasteiger partial charge in [0.25, 0.3) is 11.6 Å². The number of hydrogen-bond acceptors (Lipinski definition) is 6. The molecule has 0 aromatic carbocycles. The Morgan fingerprint density at radius 3 is 2.79 bits per heavy atom. The first-order chi connectivity index (χ1) is 11.5. The van der Waals surface area contributed by atoms with E-state index in [1.54, 1.807) is 31.2 Å². The van der Waals surface area contributed by atoms with Gasteiger partial charge in [0.15, 0.2) is 0 Å². The largest absolute Gasteiger partial charge is 0.383 e. The van der Waals surface area contributed by atoms with Crippen LogP contribution in [0.25, 0.3) is 0 Å². The summed E-state index contributed by atoms with van der Waals surface area (Å²) >= 11 is 0. The summed E-state index contributed by atoms with van der Waals surface area (Å²) in [6.45, 7) is 2.62. The lowest BCUT2D eigenvalue weighted by Crippen LogP contribution is -2.34. The smallest absolute Gasteiger partial charge is 0.288 e. The third-order valence-electron chi connectivity index (χ3n) is 3.45. The summed E-state index contributed by atoms with van der Waals surface area (Å²) < 4.78 is 5.05. The Bertz CT molecular complexity index is 721. The number of methoxy groups -OCH3 is 1. The molecule has 24 heavy (non-hydrogen) atoms. The average Bonchev–Trinajstić information content (AvgIpc) is 2.59. The first-order valence-corrected chi connectivity index (χ1v) is 7.32. The van der Waals surface area contributed by atoms with E-state index >= 15 is 0 Å². The minimum absolute atomic E-state index is 0.205. The number of aryl methyl sites for hydroxylation is 1. The van der Waals surface area contributed by atoms with Crippen LogP contribution in [-0.4, -0.2) is 46.0 Å². The molecule has 0 aliphatic carbocycles. The van der Waals surface area contributed by atoms with Crippen molar-refractivity contribution in [2.75, 3.05) is 20.3 Å². The molecule has 0 N–H and O–H groups in total. The minimum atomic E-state index is -0.568. The van der Waals surface area contributed by atoms with Crippen LogP contribution in [-0.2, 0) is 11.3 Å². The lowest BCUT2D eigenvalue weighted by Gasteiger charge is -2.22. The van der Waals surface area contributed by atoms with Gasteiger partial charge in [-0.3, -0.25) is 24.9 Å². The molecule has 0 radical (unpaired) electrons. The molecule has 1 amide bonds. The minimum Gasteiger partial charge on any atom is -0.383 e. The molecule has 0 fully saturated rings. The standard InChI is InChI=1S/C16H18N4O4/c1-12-15(9-14(10-18-12)20(22)23)16(21)19(7-8-24-2)11-13-5-3-4-6-17-13/h3-6,9-10H,7-8,11H2,1-2H3. The number of nitro groups is 1. The predicted octanol–water partition coefficient (Wildman–Crippen LogP) is 1.98. The number of aromatic nitrogens is 2. The van der Waals surface area contributed by atoms with Crippen molar-refractivity contribution in [1.82, 2.24) is 14.9 Å². The van der Waals surface area contributed by atoms with E-state index in [9.17, 15) is 14.9 Å². The van der Waals surface area contributed by atoms with Gasteiger partial charge in [0.05, 0.1) is 35.0 Å². The fourth-order valence-corrected chi connectivity index (χ4v) is 2.15. The third kappa shape index (κ3) is 4.32. The third-order valence-corrected chi connectivity index (χ3v) is 3.45. The molecule has 0 atom stereocenters. The fraction of sp³-hybridized carbons (Fsp3) is 0.312. The Labute approximate surface area is 139 Å². The van der Waals surface area contributed by atoms with Gasteiger partial charge in [-0.1, -0.05) is 6.07 Å². The Morgan fingerprint density at radius 1 is 1.38 bits per heavy atom. The molecule has 2 heterocycles. The number of hydrogen-bond donors (Lipinski definition) is 0. The summed E-state index contributed by atoms with van der Waals surface area (Å²) in [6.07, 6.45) is 2.79. The summed E-state index contributed by atoms with van der Waals surface area (Å²) in [5, 5.41) is 10.9. The number of carbonyl (C=O) groups excluding carboxylic acids is 1. The van der Waals surface area contributed by atoms with Gasteiger partial charge in [-0.05, 0) is 19.1 Å². The van der Waals surface area contributed by atoms with Gasteiger partial charge in [-0.25, -0.2) is 0 Å². The van der Waals surface area contributed by atoms with E-state index in [1.807, 2.05) is 12.1 Å². The second-order valence-corrected chi connectivity index (χ2v) is 5.12.